The molecule has 0 unspecified atom stereocenters. The molecule has 4 rings (SSSR count). The number of hydrogen-bond acceptors (Lipinski definition) is 6. The summed E-state index contributed by atoms with van der Waals surface area (Å²) < 4.78 is 5.93. The fourth-order valence-corrected chi connectivity index (χ4v) is 3.32. The van der Waals surface area contributed by atoms with Gasteiger partial charge in [0.1, 0.15) is 5.82 Å². The molecule has 1 N–H and O–H groups in total. The topological polar surface area (TPSA) is 93.8 Å². The summed E-state index contributed by atoms with van der Waals surface area (Å²) in [7, 11) is 1.32. The Hall–Kier alpha value is -4.26. The van der Waals surface area contributed by atoms with Crippen molar-refractivity contribution >= 4 is 28.6 Å². The molecule has 0 aliphatic heterocycles. The van der Waals surface area contributed by atoms with Gasteiger partial charge in [0.15, 0.2) is 0 Å². The van der Waals surface area contributed by atoms with Crippen LogP contribution in [0.15, 0.2) is 76.6 Å². The van der Waals surface area contributed by atoms with Crippen LogP contribution in [0.2, 0.25) is 0 Å². The zero-order valence-electron chi connectivity index (χ0n) is 16.9. The Morgan fingerprint density at radius 3 is 2.55 bits per heavy atom. The van der Waals surface area contributed by atoms with Crippen molar-refractivity contribution in [3.63, 3.8) is 0 Å². The number of carbonyl (C=O) groups is 1. The molecule has 0 spiro atoms. The number of benzene rings is 2. The van der Waals surface area contributed by atoms with Crippen LogP contribution in [0.1, 0.15) is 21.5 Å². The van der Waals surface area contributed by atoms with Crippen LogP contribution in [0.4, 0.5) is 5.69 Å². The molecule has 0 atom stereocenters. The van der Waals surface area contributed by atoms with E-state index in [2.05, 4.69) is 9.98 Å². The molecule has 0 aliphatic rings. The maximum absolute atomic E-state index is 13.1. The van der Waals surface area contributed by atoms with Crippen molar-refractivity contribution in [2.75, 3.05) is 7.11 Å². The lowest BCUT2D eigenvalue weighted by Gasteiger charge is -2.13. The van der Waals surface area contributed by atoms with Crippen molar-refractivity contribution in [2.45, 2.75) is 6.92 Å². The lowest BCUT2D eigenvalue weighted by molar-refractivity contribution is 0.0600. The lowest BCUT2D eigenvalue weighted by Crippen LogP contribution is -2.20. The second-order valence-electron chi connectivity index (χ2n) is 6.86. The smallest absolute Gasteiger partial charge is 0.337 e. The molecule has 0 amide bonds. The van der Waals surface area contributed by atoms with Gasteiger partial charge in [-0.2, -0.15) is 0 Å². The van der Waals surface area contributed by atoms with Gasteiger partial charge in [0.25, 0.3) is 5.56 Å². The number of pyridine rings is 2. The van der Waals surface area contributed by atoms with Gasteiger partial charge in [0.05, 0.1) is 23.9 Å². The van der Waals surface area contributed by atoms with E-state index in [1.165, 1.54) is 13.3 Å². The number of hydrogen-bond donors (Lipinski definition) is 1. The molecule has 0 radical (unpaired) electrons. The number of aromatic nitrogens is 2. The number of aliphatic imine (C=N–C) groups is 1. The van der Waals surface area contributed by atoms with Crippen LogP contribution in [0.5, 0.6) is 5.88 Å². The maximum Gasteiger partial charge on any atom is 0.337 e. The highest BCUT2D eigenvalue weighted by Gasteiger charge is 2.17. The Bertz CT molecular complexity index is 1380. The molecule has 2 aromatic carbocycles. The zero-order valence-corrected chi connectivity index (χ0v) is 16.9. The number of methoxy groups -OCH3 is 1. The molecular weight excluding hydrogens is 394 g/mol. The SMILES string of the molecule is COC(=O)c1ccc(C)c(N=Cc2c(O)n(-c3ccccn3)c(=O)c3ccccc23)c1. The van der Waals surface area contributed by atoms with Crippen LogP contribution in [0, 0.1) is 6.92 Å². The number of carbonyl (C=O) groups excluding carboxylic acids is 1. The molecule has 0 aliphatic carbocycles. The van der Waals surface area contributed by atoms with E-state index in [1.54, 1.807) is 66.9 Å². The van der Waals surface area contributed by atoms with Crippen molar-refractivity contribution in [2.24, 2.45) is 4.99 Å². The van der Waals surface area contributed by atoms with Crippen molar-refractivity contribution in [3.8, 4) is 11.7 Å². The fraction of sp³-hybridized carbons (Fsp3) is 0.0833. The highest BCUT2D eigenvalue weighted by molar-refractivity contribution is 6.02. The molecule has 4 aromatic rings. The van der Waals surface area contributed by atoms with E-state index >= 15 is 0 Å². The summed E-state index contributed by atoms with van der Waals surface area (Å²) in [6.45, 7) is 1.86. The second kappa shape index (κ2) is 8.23. The van der Waals surface area contributed by atoms with E-state index in [-0.39, 0.29) is 11.4 Å². The molecule has 7 nitrogen and oxygen atoms in total. The largest absolute Gasteiger partial charge is 0.494 e. The average Bonchev–Trinajstić information content (AvgIpc) is 2.80. The predicted molar refractivity (Wildman–Crippen MR) is 119 cm³/mol. The van der Waals surface area contributed by atoms with Gasteiger partial charge in [-0.1, -0.05) is 30.3 Å². The summed E-state index contributed by atoms with van der Waals surface area (Å²) >= 11 is 0. The highest BCUT2D eigenvalue weighted by atomic mass is 16.5. The Kier molecular flexibility index (Phi) is 5.32. The van der Waals surface area contributed by atoms with Crippen LogP contribution in [-0.4, -0.2) is 34.0 Å². The predicted octanol–water partition coefficient (Wildman–Crippen LogP) is 3.94. The number of ether oxygens (including phenoxy) is 1. The lowest BCUT2D eigenvalue weighted by atomic mass is 10.1. The molecule has 0 saturated heterocycles. The number of esters is 1. The average molecular weight is 413 g/mol. The van der Waals surface area contributed by atoms with Gasteiger partial charge in [-0.3, -0.25) is 9.79 Å². The van der Waals surface area contributed by atoms with E-state index in [0.717, 1.165) is 10.1 Å². The monoisotopic (exact) mass is 413 g/mol. The summed E-state index contributed by atoms with van der Waals surface area (Å²) in [5.41, 5.74) is 1.73. The second-order valence-corrected chi connectivity index (χ2v) is 6.86. The van der Waals surface area contributed by atoms with E-state index in [4.69, 9.17) is 4.74 Å². The molecule has 31 heavy (non-hydrogen) atoms. The third-order valence-corrected chi connectivity index (χ3v) is 4.94. The van der Waals surface area contributed by atoms with Gasteiger partial charge in [-0.05, 0) is 42.8 Å². The normalized spacial score (nSPS) is 11.2. The van der Waals surface area contributed by atoms with Crippen LogP contribution in [0.25, 0.3) is 16.6 Å². The van der Waals surface area contributed by atoms with Gasteiger partial charge in [0.2, 0.25) is 5.88 Å². The minimum Gasteiger partial charge on any atom is -0.494 e. The number of aryl methyl sites for hydroxylation is 1. The minimum atomic E-state index is -0.464. The number of fused-ring (bicyclic) bond motifs is 1. The Labute approximate surface area is 177 Å². The van der Waals surface area contributed by atoms with Crippen LogP contribution in [-0.2, 0) is 4.74 Å². The molecule has 2 heterocycles. The maximum atomic E-state index is 13.1. The molecule has 154 valence electrons. The van der Waals surface area contributed by atoms with Crippen LogP contribution < -0.4 is 5.56 Å². The number of rotatable bonds is 4. The summed E-state index contributed by atoms with van der Waals surface area (Å²) in [5, 5.41) is 12.0. The third-order valence-electron chi connectivity index (χ3n) is 4.94. The summed E-state index contributed by atoms with van der Waals surface area (Å²) in [6, 6.07) is 17.1. The van der Waals surface area contributed by atoms with Crippen molar-refractivity contribution in [1.29, 1.82) is 0 Å². The molecule has 0 bridgehead atoms. The van der Waals surface area contributed by atoms with Crippen molar-refractivity contribution in [3.05, 3.63) is 93.9 Å². The highest BCUT2D eigenvalue weighted by Crippen LogP contribution is 2.27. The first-order valence-electron chi connectivity index (χ1n) is 9.52. The fourth-order valence-electron chi connectivity index (χ4n) is 3.32. The quantitative estimate of drug-likeness (QED) is 0.404. The molecule has 7 heteroatoms. The van der Waals surface area contributed by atoms with Gasteiger partial charge >= 0.3 is 5.97 Å². The van der Waals surface area contributed by atoms with E-state index in [0.29, 0.717) is 33.4 Å². The Morgan fingerprint density at radius 1 is 1.10 bits per heavy atom. The Morgan fingerprint density at radius 2 is 1.84 bits per heavy atom. The van der Waals surface area contributed by atoms with Gasteiger partial charge in [-0.25, -0.2) is 14.3 Å². The first kappa shape index (κ1) is 20.0. The zero-order chi connectivity index (χ0) is 22.0. The van der Waals surface area contributed by atoms with Crippen LogP contribution in [0.3, 0.4) is 0 Å². The Balaban J connectivity index is 1.93. The van der Waals surface area contributed by atoms with Gasteiger partial charge in [-0.15, -0.1) is 0 Å². The number of aromatic hydroxyl groups is 1. The molecule has 0 fully saturated rings. The molecule has 0 saturated carbocycles. The van der Waals surface area contributed by atoms with E-state index in [9.17, 15) is 14.7 Å². The first-order valence-corrected chi connectivity index (χ1v) is 9.52. The van der Waals surface area contributed by atoms with Crippen molar-refractivity contribution < 1.29 is 14.6 Å². The van der Waals surface area contributed by atoms with Gasteiger partial charge in [0, 0.05) is 23.2 Å². The van der Waals surface area contributed by atoms with Crippen LogP contribution >= 0.6 is 0 Å². The summed E-state index contributed by atoms with van der Waals surface area (Å²) in [5.74, 6) is -0.435. The minimum absolute atomic E-state index is 0.270. The third kappa shape index (κ3) is 3.69. The van der Waals surface area contributed by atoms with Crippen molar-refractivity contribution in [1.82, 2.24) is 9.55 Å². The number of nitrogens with zero attached hydrogens (tertiary/aromatic N) is 3. The van der Waals surface area contributed by atoms with Gasteiger partial charge < -0.3 is 9.84 Å². The molecule has 2 aromatic heterocycles. The molecular formula is C24H19N3O4. The van der Waals surface area contributed by atoms with E-state index < -0.39 is 5.97 Å². The first-order chi connectivity index (χ1) is 15.0. The van der Waals surface area contributed by atoms with E-state index in [1.807, 2.05) is 6.92 Å². The summed E-state index contributed by atoms with van der Waals surface area (Å²) in [6.07, 6.45) is 3.03. The standard InChI is InChI=1S/C24H19N3O4/c1-15-10-11-16(24(30)31-2)13-20(15)26-14-19-17-7-3-4-8-18(17)22(28)27(23(19)29)21-9-5-6-12-25-21/h3-14,29H,1-2H3. The summed E-state index contributed by atoms with van der Waals surface area (Å²) in [4.78, 5) is 33.6.